The molecule has 0 atom stereocenters. The minimum atomic E-state index is 0.745. The molecule has 0 aliphatic carbocycles. The first-order chi connectivity index (χ1) is 13.9. The number of azo groups is 1. The number of rotatable bonds is 5. The number of hydrogen-bond donors (Lipinski definition) is 1. The molecule has 0 spiro atoms. The van der Waals surface area contributed by atoms with Gasteiger partial charge in [-0.3, -0.25) is 4.90 Å². The van der Waals surface area contributed by atoms with E-state index in [0.717, 1.165) is 76.8 Å². The molecule has 4 aliphatic rings. The van der Waals surface area contributed by atoms with E-state index >= 15 is 0 Å². The molecule has 0 radical (unpaired) electrons. The molecule has 4 aliphatic heterocycles. The number of hydrogen-bond acceptors (Lipinski definition) is 5. The third-order valence-corrected chi connectivity index (χ3v) is 5.82. The van der Waals surface area contributed by atoms with E-state index in [2.05, 4.69) is 50.4 Å². The Balaban J connectivity index is 1.31. The van der Waals surface area contributed by atoms with Crippen LogP contribution in [-0.4, -0.2) is 62.3 Å². The lowest BCUT2D eigenvalue weighted by Crippen LogP contribution is -2.55. The van der Waals surface area contributed by atoms with Gasteiger partial charge in [0.2, 0.25) is 0 Å². The molecule has 0 aromatic heterocycles. The maximum absolute atomic E-state index is 6.10. The number of benzene rings is 1. The van der Waals surface area contributed by atoms with Crippen molar-refractivity contribution in [2.45, 2.75) is 12.8 Å². The molecule has 0 bridgehead atoms. The zero-order valence-corrected chi connectivity index (χ0v) is 16.2. The van der Waals surface area contributed by atoms with Gasteiger partial charge in [0.25, 0.3) is 0 Å². The predicted octanol–water partition coefficient (Wildman–Crippen LogP) is 1.62. The summed E-state index contributed by atoms with van der Waals surface area (Å²) in [5, 5.41) is 7.38. The predicted molar refractivity (Wildman–Crippen MR) is 107 cm³/mol. The third-order valence-electron chi connectivity index (χ3n) is 5.82. The van der Waals surface area contributed by atoms with Crippen LogP contribution in [0.3, 0.4) is 0 Å². The van der Waals surface area contributed by atoms with Gasteiger partial charge in [-0.05, 0) is 35.7 Å². The van der Waals surface area contributed by atoms with Crippen molar-refractivity contribution in [3.05, 3.63) is 53.4 Å². The molecule has 28 heavy (non-hydrogen) atoms. The first-order valence-electron chi connectivity index (χ1n) is 10.3. The summed E-state index contributed by atoms with van der Waals surface area (Å²) in [5.74, 6) is 0.955. The summed E-state index contributed by atoms with van der Waals surface area (Å²) < 4.78 is 11.5. The van der Waals surface area contributed by atoms with Crippen molar-refractivity contribution in [1.29, 1.82) is 0 Å². The van der Waals surface area contributed by atoms with Crippen LogP contribution in [0.4, 0.5) is 0 Å². The van der Waals surface area contributed by atoms with Crippen molar-refractivity contribution in [3.8, 4) is 5.75 Å². The number of ether oxygens (including phenoxy) is 2. The van der Waals surface area contributed by atoms with Crippen molar-refractivity contribution in [2.24, 2.45) is 5.11 Å². The molecule has 5 rings (SSSR count). The van der Waals surface area contributed by atoms with Crippen LogP contribution in [0.2, 0.25) is 0 Å². The van der Waals surface area contributed by atoms with E-state index in [0.29, 0.717) is 0 Å². The van der Waals surface area contributed by atoms with Crippen molar-refractivity contribution in [1.82, 2.24) is 9.80 Å². The number of nitrogens with zero attached hydrogens (tertiary/aromatic N) is 3. The second-order valence-electron chi connectivity index (χ2n) is 7.60. The highest BCUT2D eigenvalue weighted by Gasteiger charge is 2.30. The molecule has 0 unspecified atom stereocenters. The molecule has 146 valence electrons. The Kier molecular flexibility index (Phi) is 4.97. The lowest BCUT2D eigenvalue weighted by molar-refractivity contribution is -0.447. The zero-order chi connectivity index (χ0) is 18.8. The van der Waals surface area contributed by atoms with E-state index in [4.69, 9.17) is 9.47 Å². The highest BCUT2D eigenvalue weighted by atomic mass is 16.5. The van der Waals surface area contributed by atoms with Crippen LogP contribution in [0, 0.1) is 0 Å². The molecule has 1 aromatic carbocycles. The SMILES string of the molecule is C1=CC(=C2CN3CCC=C3c3cc(OCCCN4CCOCC4)ccc32)N=[NH+]1. The van der Waals surface area contributed by atoms with Gasteiger partial charge in [0, 0.05) is 55.6 Å². The standard InChI is InChI=1S/C22H26N4O2/c1-3-22-19-15-17(28-12-2-8-25-10-13-27-14-11-25)4-5-18(19)20(16-26(22)9-1)21-6-7-23-24-21/h3-7,15H,1-2,8-14,16H2/p+1. The first-order valence-corrected chi connectivity index (χ1v) is 10.3. The van der Waals surface area contributed by atoms with Crippen LogP contribution in [0.15, 0.2) is 47.4 Å². The van der Waals surface area contributed by atoms with Crippen LogP contribution in [-0.2, 0) is 4.74 Å². The van der Waals surface area contributed by atoms with E-state index in [1.165, 1.54) is 22.4 Å². The monoisotopic (exact) mass is 379 g/mol. The highest BCUT2D eigenvalue weighted by molar-refractivity contribution is 5.87. The van der Waals surface area contributed by atoms with Gasteiger partial charge in [0.05, 0.1) is 19.8 Å². The van der Waals surface area contributed by atoms with Crippen molar-refractivity contribution < 1.29 is 14.6 Å². The van der Waals surface area contributed by atoms with E-state index in [1.807, 2.05) is 6.20 Å². The quantitative estimate of drug-likeness (QED) is 0.790. The zero-order valence-electron chi connectivity index (χ0n) is 16.2. The summed E-state index contributed by atoms with van der Waals surface area (Å²) in [4.78, 5) is 4.90. The van der Waals surface area contributed by atoms with Crippen LogP contribution in [0.1, 0.15) is 24.0 Å². The normalized spacial score (nSPS) is 23.7. The molecule has 1 aromatic rings. The molecule has 6 nitrogen and oxygen atoms in total. The highest BCUT2D eigenvalue weighted by Crippen LogP contribution is 2.41. The fourth-order valence-corrected chi connectivity index (χ4v) is 4.37. The summed E-state index contributed by atoms with van der Waals surface area (Å²) in [6.07, 6.45) is 8.44. The Hall–Kier alpha value is -2.44. The molecule has 6 heteroatoms. The summed E-state index contributed by atoms with van der Waals surface area (Å²) >= 11 is 0. The van der Waals surface area contributed by atoms with Crippen molar-refractivity contribution in [3.63, 3.8) is 0 Å². The van der Waals surface area contributed by atoms with Crippen LogP contribution in [0.25, 0.3) is 11.3 Å². The third kappa shape index (κ3) is 3.50. The molecular weight excluding hydrogens is 352 g/mol. The molecule has 1 N–H and O–H groups in total. The van der Waals surface area contributed by atoms with Gasteiger partial charge in [-0.25, -0.2) is 0 Å². The van der Waals surface area contributed by atoms with E-state index in [9.17, 15) is 0 Å². The fraction of sp³-hybridized carbons (Fsp3) is 0.455. The van der Waals surface area contributed by atoms with E-state index in [1.54, 1.807) is 0 Å². The second-order valence-corrected chi connectivity index (χ2v) is 7.60. The van der Waals surface area contributed by atoms with Gasteiger partial charge in [-0.1, -0.05) is 12.1 Å². The fourth-order valence-electron chi connectivity index (χ4n) is 4.37. The first kappa shape index (κ1) is 17.6. The summed E-state index contributed by atoms with van der Waals surface area (Å²) in [5.41, 5.74) is 6.21. The summed E-state index contributed by atoms with van der Waals surface area (Å²) in [6, 6.07) is 6.51. The molecule has 0 saturated carbocycles. The number of nitrogens with one attached hydrogen (secondary N) is 1. The van der Waals surface area contributed by atoms with Crippen molar-refractivity contribution >= 4 is 11.3 Å². The Morgan fingerprint density at radius 2 is 2.07 bits per heavy atom. The van der Waals surface area contributed by atoms with E-state index in [-0.39, 0.29) is 0 Å². The average molecular weight is 379 g/mol. The maximum Gasteiger partial charge on any atom is 0.196 e. The number of fused-ring (bicyclic) bond motifs is 3. The molecule has 4 heterocycles. The van der Waals surface area contributed by atoms with E-state index < -0.39 is 0 Å². The minimum Gasteiger partial charge on any atom is -0.494 e. The summed E-state index contributed by atoms with van der Waals surface area (Å²) in [7, 11) is 0. The Bertz CT molecular complexity index is 851. The lowest BCUT2D eigenvalue weighted by atomic mass is 9.91. The Morgan fingerprint density at radius 3 is 2.93 bits per heavy atom. The van der Waals surface area contributed by atoms with Gasteiger partial charge in [0.1, 0.15) is 11.4 Å². The van der Waals surface area contributed by atoms with Crippen LogP contribution < -0.4 is 9.85 Å². The van der Waals surface area contributed by atoms with Gasteiger partial charge in [0.15, 0.2) is 6.20 Å². The lowest BCUT2D eigenvalue weighted by Gasteiger charge is -2.31. The van der Waals surface area contributed by atoms with Gasteiger partial charge in [-0.15, -0.1) is 5.11 Å². The number of morpholine rings is 1. The minimum absolute atomic E-state index is 0.745. The molecule has 1 saturated heterocycles. The molecular formula is C22H27N4O2+. The van der Waals surface area contributed by atoms with Gasteiger partial charge >= 0.3 is 0 Å². The maximum atomic E-state index is 6.10. The van der Waals surface area contributed by atoms with Gasteiger partial charge in [-0.2, -0.15) is 0 Å². The largest absolute Gasteiger partial charge is 0.494 e. The van der Waals surface area contributed by atoms with Crippen LogP contribution >= 0.6 is 0 Å². The van der Waals surface area contributed by atoms with Crippen LogP contribution in [0.5, 0.6) is 5.75 Å². The topological polar surface area (TPSA) is 51.3 Å². The van der Waals surface area contributed by atoms with Gasteiger partial charge < -0.3 is 14.4 Å². The second kappa shape index (κ2) is 7.89. The smallest absolute Gasteiger partial charge is 0.196 e. The molecule has 0 amide bonds. The Labute approximate surface area is 165 Å². The number of allylic oxidation sites excluding steroid dienone is 1. The summed E-state index contributed by atoms with van der Waals surface area (Å²) in [6.45, 7) is 7.59. The van der Waals surface area contributed by atoms with Crippen molar-refractivity contribution in [2.75, 3.05) is 52.5 Å². The average Bonchev–Trinajstić information content (AvgIpc) is 3.43. The molecule has 1 fully saturated rings. The Morgan fingerprint density at radius 1 is 1.14 bits per heavy atom.